The normalized spacial score (nSPS) is 13.6. The molecule has 0 saturated heterocycles. The van der Waals surface area contributed by atoms with Crippen molar-refractivity contribution >= 4 is 17.7 Å². The van der Waals surface area contributed by atoms with Gasteiger partial charge in [-0.2, -0.15) is 0 Å². The van der Waals surface area contributed by atoms with Crippen molar-refractivity contribution in [1.82, 2.24) is 10.1 Å². The molecular formula is C24H27N3O6. The van der Waals surface area contributed by atoms with Crippen molar-refractivity contribution in [2.75, 3.05) is 5.32 Å². The van der Waals surface area contributed by atoms with Gasteiger partial charge in [0.2, 0.25) is 11.5 Å². The Morgan fingerprint density at radius 1 is 1.21 bits per heavy atom. The number of amides is 1. The Labute approximate surface area is 191 Å². The Hall–Kier alpha value is -3.88. The van der Waals surface area contributed by atoms with Crippen molar-refractivity contribution in [2.45, 2.75) is 52.2 Å². The van der Waals surface area contributed by atoms with Crippen LogP contribution in [0.2, 0.25) is 0 Å². The molecule has 0 aliphatic heterocycles. The number of rotatable bonds is 9. The average Bonchev–Trinajstić information content (AvgIpc) is 3.15. The molecule has 9 nitrogen and oxygen atoms in total. The number of aliphatic carboxylic acids is 1. The van der Waals surface area contributed by atoms with Crippen LogP contribution in [-0.4, -0.2) is 32.9 Å². The second kappa shape index (κ2) is 10.2. The molecule has 0 saturated carbocycles. The number of nitrogens with zero attached hydrogens (tertiary/aromatic N) is 2. The summed E-state index contributed by atoms with van der Waals surface area (Å²) in [5, 5.41) is 16.1. The van der Waals surface area contributed by atoms with Gasteiger partial charge in [-0.3, -0.25) is 5.32 Å². The summed E-state index contributed by atoms with van der Waals surface area (Å²) in [5.41, 5.74) is 0.846. The van der Waals surface area contributed by atoms with Crippen LogP contribution < -0.4 is 10.1 Å². The van der Waals surface area contributed by atoms with Crippen LogP contribution in [0.1, 0.15) is 51.0 Å². The lowest BCUT2D eigenvalue weighted by Crippen LogP contribution is -2.41. The summed E-state index contributed by atoms with van der Waals surface area (Å²) >= 11 is 0. The van der Waals surface area contributed by atoms with Gasteiger partial charge in [-0.05, 0) is 38.8 Å². The third-order valence-electron chi connectivity index (χ3n) is 5.15. The fourth-order valence-electron chi connectivity index (χ4n) is 3.28. The van der Waals surface area contributed by atoms with Crippen LogP contribution in [0.5, 0.6) is 5.88 Å². The summed E-state index contributed by atoms with van der Waals surface area (Å²) in [6, 6.07) is 12.6. The van der Waals surface area contributed by atoms with Gasteiger partial charge < -0.3 is 19.1 Å². The molecule has 33 heavy (non-hydrogen) atoms. The molecular weight excluding hydrogens is 426 g/mol. The highest BCUT2D eigenvalue weighted by molar-refractivity contribution is 5.90. The second-order valence-electron chi connectivity index (χ2n) is 7.83. The Kier molecular flexibility index (Phi) is 7.32. The van der Waals surface area contributed by atoms with Gasteiger partial charge in [0.05, 0.1) is 0 Å². The highest BCUT2D eigenvalue weighted by Crippen LogP contribution is 2.32. The molecule has 0 aliphatic rings. The van der Waals surface area contributed by atoms with E-state index in [0.717, 1.165) is 5.56 Å². The number of nitrogens with one attached hydrogen (secondary N) is 1. The number of benzene rings is 1. The van der Waals surface area contributed by atoms with Crippen LogP contribution in [0, 0.1) is 6.92 Å². The molecule has 0 fully saturated rings. The molecule has 1 aromatic carbocycles. The SMILES string of the molecule is CCCC(C)(Oc1ccc(-c2onc(C)c2NC(=O)OC(C)c2ccccc2)cn1)C(=O)O. The Morgan fingerprint density at radius 2 is 1.94 bits per heavy atom. The molecule has 2 heterocycles. The molecule has 9 heteroatoms. The number of aromatic nitrogens is 2. The van der Waals surface area contributed by atoms with Crippen LogP contribution in [-0.2, 0) is 9.53 Å². The fourth-order valence-corrected chi connectivity index (χ4v) is 3.28. The van der Waals surface area contributed by atoms with Crippen LogP contribution in [0.25, 0.3) is 11.3 Å². The number of hydrogen-bond acceptors (Lipinski definition) is 7. The van der Waals surface area contributed by atoms with E-state index in [1.807, 2.05) is 37.3 Å². The minimum Gasteiger partial charge on any atom is -0.478 e. The van der Waals surface area contributed by atoms with Gasteiger partial charge in [0.1, 0.15) is 17.5 Å². The zero-order valence-electron chi connectivity index (χ0n) is 19.0. The summed E-state index contributed by atoms with van der Waals surface area (Å²) in [4.78, 5) is 28.3. The van der Waals surface area contributed by atoms with Gasteiger partial charge in [-0.1, -0.05) is 48.8 Å². The van der Waals surface area contributed by atoms with Crippen molar-refractivity contribution in [3.8, 4) is 17.2 Å². The summed E-state index contributed by atoms with van der Waals surface area (Å²) < 4.78 is 16.5. The van der Waals surface area contributed by atoms with E-state index in [1.165, 1.54) is 13.1 Å². The monoisotopic (exact) mass is 453 g/mol. The quantitative estimate of drug-likeness (QED) is 0.443. The number of anilines is 1. The summed E-state index contributed by atoms with van der Waals surface area (Å²) in [7, 11) is 0. The predicted octanol–water partition coefficient (Wildman–Crippen LogP) is 5.38. The van der Waals surface area contributed by atoms with E-state index in [4.69, 9.17) is 14.0 Å². The van der Waals surface area contributed by atoms with E-state index >= 15 is 0 Å². The standard InChI is InChI=1S/C24H27N3O6/c1-5-13-24(4,22(28)29)32-19-12-11-18(14-25-19)21-20(15(2)27-33-21)26-23(30)31-16(3)17-9-7-6-8-10-17/h6-12,14,16H,5,13H2,1-4H3,(H,26,30)(H,28,29). The van der Waals surface area contributed by atoms with E-state index in [0.29, 0.717) is 35.5 Å². The maximum atomic E-state index is 12.5. The molecule has 0 spiro atoms. The number of carbonyl (C=O) groups is 2. The number of carbonyl (C=O) groups excluding carboxylic acids is 1. The summed E-state index contributed by atoms with van der Waals surface area (Å²) in [6.07, 6.45) is 1.35. The lowest BCUT2D eigenvalue weighted by Gasteiger charge is -2.25. The molecule has 2 unspecified atom stereocenters. The smallest absolute Gasteiger partial charge is 0.412 e. The topological polar surface area (TPSA) is 124 Å². The number of ether oxygens (including phenoxy) is 2. The Balaban J connectivity index is 1.73. The van der Waals surface area contributed by atoms with Crippen molar-refractivity contribution in [1.29, 1.82) is 0 Å². The highest BCUT2D eigenvalue weighted by Gasteiger charge is 2.35. The van der Waals surface area contributed by atoms with Crippen molar-refractivity contribution in [2.24, 2.45) is 0 Å². The second-order valence-corrected chi connectivity index (χ2v) is 7.83. The minimum absolute atomic E-state index is 0.166. The molecule has 0 radical (unpaired) electrons. The Bertz CT molecular complexity index is 1100. The third kappa shape index (κ3) is 5.68. The number of carboxylic acid groups (broad SMARTS) is 1. The molecule has 2 N–H and O–H groups in total. The van der Waals surface area contributed by atoms with Crippen molar-refractivity contribution in [3.63, 3.8) is 0 Å². The number of pyridine rings is 1. The lowest BCUT2D eigenvalue weighted by molar-refractivity contribution is -0.154. The van der Waals surface area contributed by atoms with Crippen LogP contribution in [0.4, 0.5) is 10.5 Å². The first-order chi connectivity index (χ1) is 15.7. The van der Waals surface area contributed by atoms with Crippen molar-refractivity contribution in [3.05, 3.63) is 59.9 Å². The largest absolute Gasteiger partial charge is 0.478 e. The van der Waals surface area contributed by atoms with E-state index in [1.54, 1.807) is 26.0 Å². The maximum Gasteiger partial charge on any atom is 0.412 e. The lowest BCUT2D eigenvalue weighted by atomic mass is 10.0. The maximum absolute atomic E-state index is 12.5. The van der Waals surface area contributed by atoms with Gasteiger partial charge in [0, 0.05) is 17.8 Å². The Morgan fingerprint density at radius 3 is 2.55 bits per heavy atom. The summed E-state index contributed by atoms with van der Waals surface area (Å²) in [5.74, 6) is -0.597. The van der Waals surface area contributed by atoms with E-state index in [-0.39, 0.29) is 5.88 Å². The first-order valence-corrected chi connectivity index (χ1v) is 10.6. The molecule has 2 atom stereocenters. The molecule has 3 rings (SSSR count). The molecule has 1 amide bonds. The average molecular weight is 453 g/mol. The van der Waals surface area contributed by atoms with Gasteiger partial charge >= 0.3 is 12.1 Å². The molecule has 2 aromatic heterocycles. The first kappa shape index (κ1) is 23.8. The third-order valence-corrected chi connectivity index (χ3v) is 5.15. The summed E-state index contributed by atoms with van der Waals surface area (Å²) in [6.45, 7) is 6.87. The van der Waals surface area contributed by atoms with E-state index in [2.05, 4.69) is 15.5 Å². The van der Waals surface area contributed by atoms with Crippen molar-refractivity contribution < 1.29 is 28.7 Å². The molecule has 0 aliphatic carbocycles. The number of aryl methyl sites for hydroxylation is 1. The molecule has 3 aromatic rings. The zero-order chi connectivity index (χ0) is 24.0. The molecule has 174 valence electrons. The zero-order valence-corrected chi connectivity index (χ0v) is 19.0. The molecule has 0 bridgehead atoms. The van der Waals surface area contributed by atoms with Crippen LogP contribution in [0.3, 0.4) is 0 Å². The van der Waals surface area contributed by atoms with E-state index in [9.17, 15) is 14.7 Å². The van der Waals surface area contributed by atoms with Crippen LogP contribution in [0.15, 0.2) is 53.2 Å². The first-order valence-electron chi connectivity index (χ1n) is 10.6. The van der Waals surface area contributed by atoms with Gasteiger partial charge in [0.25, 0.3) is 0 Å². The number of hydrogen-bond donors (Lipinski definition) is 2. The fraction of sp³-hybridized carbons (Fsp3) is 0.333. The predicted molar refractivity (Wildman–Crippen MR) is 121 cm³/mol. The van der Waals surface area contributed by atoms with Gasteiger partial charge in [-0.15, -0.1) is 0 Å². The number of carboxylic acids is 1. The highest BCUT2D eigenvalue weighted by atomic mass is 16.6. The van der Waals surface area contributed by atoms with Crippen LogP contribution >= 0.6 is 0 Å². The van der Waals surface area contributed by atoms with Gasteiger partial charge in [-0.25, -0.2) is 14.6 Å². The minimum atomic E-state index is -1.38. The van der Waals surface area contributed by atoms with E-state index < -0.39 is 23.8 Å². The van der Waals surface area contributed by atoms with Gasteiger partial charge in [0.15, 0.2) is 5.76 Å².